The zero-order valence-electron chi connectivity index (χ0n) is 16.1. The van der Waals surface area contributed by atoms with Gasteiger partial charge >= 0.3 is 0 Å². The third-order valence-corrected chi connectivity index (χ3v) is 4.57. The summed E-state index contributed by atoms with van der Waals surface area (Å²) in [7, 11) is 0. The Hall–Kier alpha value is -3.32. The highest BCUT2D eigenvalue weighted by atomic mass is 19.1. The van der Waals surface area contributed by atoms with Gasteiger partial charge in [0.25, 0.3) is 5.56 Å². The standard InChI is InChI=1S/C22H22FN3O3/c1-15-19(11-12-27)22(29)26(21(25-15)17-7-9-18(23)10-8-17)14-20(28)24-13-16-5-3-2-4-6-16/h2-10,27H,11-14H2,1H3,(H,24,28). The Bertz CT molecular complexity index is 1050. The molecule has 2 aromatic carbocycles. The number of carbonyl (C=O) groups is 1. The Labute approximate surface area is 167 Å². The van der Waals surface area contributed by atoms with Crippen LogP contribution in [0, 0.1) is 12.7 Å². The molecule has 1 amide bonds. The van der Waals surface area contributed by atoms with Crippen LogP contribution in [0.25, 0.3) is 11.4 Å². The van der Waals surface area contributed by atoms with Gasteiger partial charge in [-0.05, 0) is 36.8 Å². The van der Waals surface area contributed by atoms with Gasteiger partial charge in [0.15, 0.2) is 0 Å². The van der Waals surface area contributed by atoms with Crippen LogP contribution in [-0.4, -0.2) is 27.2 Å². The molecule has 0 aliphatic carbocycles. The number of aliphatic hydroxyl groups is 1. The SMILES string of the molecule is Cc1nc(-c2ccc(F)cc2)n(CC(=O)NCc2ccccc2)c(=O)c1CCO. The summed E-state index contributed by atoms with van der Waals surface area (Å²) in [6.07, 6.45) is 0.146. The number of benzene rings is 2. The molecule has 29 heavy (non-hydrogen) atoms. The van der Waals surface area contributed by atoms with Crippen molar-refractivity contribution in [3.8, 4) is 11.4 Å². The number of carbonyl (C=O) groups excluding carboxylic acids is 1. The molecular weight excluding hydrogens is 373 g/mol. The van der Waals surface area contributed by atoms with Crippen LogP contribution in [0.5, 0.6) is 0 Å². The van der Waals surface area contributed by atoms with Crippen molar-refractivity contribution in [1.82, 2.24) is 14.9 Å². The number of halogens is 1. The van der Waals surface area contributed by atoms with Crippen molar-refractivity contribution in [3.05, 3.63) is 87.6 Å². The van der Waals surface area contributed by atoms with Crippen LogP contribution < -0.4 is 10.9 Å². The summed E-state index contributed by atoms with van der Waals surface area (Å²) in [5.41, 5.74) is 1.91. The second-order valence-electron chi connectivity index (χ2n) is 6.63. The maximum absolute atomic E-state index is 13.3. The van der Waals surface area contributed by atoms with Gasteiger partial charge in [-0.3, -0.25) is 14.2 Å². The third-order valence-electron chi connectivity index (χ3n) is 4.57. The second kappa shape index (κ2) is 9.25. The number of hydrogen-bond donors (Lipinski definition) is 2. The predicted octanol–water partition coefficient (Wildman–Crippen LogP) is 2.21. The van der Waals surface area contributed by atoms with E-state index in [4.69, 9.17) is 0 Å². The van der Waals surface area contributed by atoms with Crippen molar-refractivity contribution in [2.75, 3.05) is 6.61 Å². The summed E-state index contributed by atoms with van der Waals surface area (Å²) in [4.78, 5) is 30.0. The van der Waals surface area contributed by atoms with Crippen LogP contribution in [0.15, 0.2) is 59.4 Å². The van der Waals surface area contributed by atoms with Gasteiger partial charge in [-0.15, -0.1) is 0 Å². The van der Waals surface area contributed by atoms with Gasteiger partial charge in [0.05, 0.1) is 0 Å². The Balaban J connectivity index is 1.93. The quantitative estimate of drug-likeness (QED) is 0.642. The Morgan fingerprint density at radius 3 is 2.48 bits per heavy atom. The van der Waals surface area contributed by atoms with Gasteiger partial charge in [-0.1, -0.05) is 30.3 Å². The molecule has 0 radical (unpaired) electrons. The maximum Gasteiger partial charge on any atom is 0.257 e. The smallest absolute Gasteiger partial charge is 0.257 e. The lowest BCUT2D eigenvalue weighted by molar-refractivity contribution is -0.121. The van der Waals surface area contributed by atoms with Crippen LogP contribution in [0.3, 0.4) is 0 Å². The summed E-state index contributed by atoms with van der Waals surface area (Å²) >= 11 is 0. The number of amides is 1. The molecular formula is C22H22FN3O3. The zero-order valence-corrected chi connectivity index (χ0v) is 16.1. The first kappa shape index (κ1) is 20.4. The number of nitrogens with zero attached hydrogens (tertiary/aromatic N) is 2. The second-order valence-corrected chi connectivity index (χ2v) is 6.63. The molecule has 0 aliphatic rings. The topological polar surface area (TPSA) is 84.2 Å². The molecule has 0 unspecified atom stereocenters. The first-order valence-electron chi connectivity index (χ1n) is 9.27. The lowest BCUT2D eigenvalue weighted by Crippen LogP contribution is -2.35. The molecule has 2 N–H and O–H groups in total. The summed E-state index contributed by atoms with van der Waals surface area (Å²) < 4.78 is 14.6. The Morgan fingerprint density at radius 2 is 1.83 bits per heavy atom. The molecule has 7 heteroatoms. The molecule has 3 aromatic rings. The summed E-state index contributed by atoms with van der Waals surface area (Å²) in [6, 6.07) is 15.0. The van der Waals surface area contributed by atoms with Crippen molar-refractivity contribution < 1.29 is 14.3 Å². The summed E-state index contributed by atoms with van der Waals surface area (Å²) in [5, 5.41) is 12.1. The molecule has 0 saturated heterocycles. The minimum absolute atomic E-state index is 0.146. The van der Waals surface area contributed by atoms with Crippen LogP contribution in [0.2, 0.25) is 0 Å². The number of aliphatic hydroxyl groups excluding tert-OH is 1. The predicted molar refractivity (Wildman–Crippen MR) is 108 cm³/mol. The zero-order chi connectivity index (χ0) is 20.8. The van der Waals surface area contributed by atoms with Gasteiger partial charge in [0, 0.05) is 36.4 Å². The van der Waals surface area contributed by atoms with E-state index in [1.807, 2.05) is 30.3 Å². The highest BCUT2D eigenvalue weighted by Crippen LogP contribution is 2.18. The van der Waals surface area contributed by atoms with E-state index in [-0.39, 0.29) is 36.9 Å². The fourth-order valence-corrected chi connectivity index (χ4v) is 3.06. The largest absolute Gasteiger partial charge is 0.396 e. The fraction of sp³-hybridized carbons (Fsp3) is 0.227. The van der Waals surface area contributed by atoms with Crippen LogP contribution in [0.4, 0.5) is 4.39 Å². The van der Waals surface area contributed by atoms with E-state index in [1.54, 1.807) is 6.92 Å². The van der Waals surface area contributed by atoms with Crippen molar-refractivity contribution in [1.29, 1.82) is 0 Å². The molecule has 0 atom stereocenters. The Kier molecular flexibility index (Phi) is 6.51. The van der Waals surface area contributed by atoms with E-state index >= 15 is 0 Å². The van der Waals surface area contributed by atoms with E-state index in [0.29, 0.717) is 23.4 Å². The van der Waals surface area contributed by atoms with Gasteiger partial charge in [0.2, 0.25) is 5.91 Å². The van der Waals surface area contributed by atoms with Crippen molar-refractivity contribution in [2.45, 2.75) is 26.4 Å². The number of nitrogens with one attached hydrogen (secondary N) is 1. The minimum atomic E-state index is -0.406. The first-order valence-corrected chi connectivity index (χ1v) is 9.27. The van der Waals surface area contributed by atoms with Gasteiger partial charge in [-0.2, -0.15) is 0 Å². The van der Waals surface area contributed by atoms with Crippen LogP contribution in [-0.2, 0) is 24.3 Å². The van der Waals surface area contributed by atoms with Crippen molar-refractivity contribution >= 4 is 5.91 Å². The molecule has 150 valence electrons. The third kappa shape index (κ3) is 4.94. The highest BCUT2D eigenvalue weighted by Gasteiger charge is 2.17. The molecule has 0 bridgehead atoms. The minimum Gasteiger partial charge on any atom is -0.396 e. The average Bonchev–Trinajstić information content (AvgIpc) is 2.73. The molecule has 0 fully saturated rings. The molecule has 1 aromatic heterocycles. The number of hydrogen-bond acceptors (Lipinski definition) is 4. The van der Waals surface area contributed by atoms with E-state index in [2.05, 4.69) is 10.3 Å². The van der Waals surface area contributed by atoms with Gasteiger partial charge < -0.3 is 10.4 Å². The first-order chi connectivity index (χ1) is 14.0. The van der Waals surface area contributed by atoms with Gasteiger partial charge in [-0.25, -0.2) is 9.37 Å². The normalized spacial score (nSPS) is 10.7. The van der Waals surface area contributed by atoms with E-state index in [0.717, 1.165) is 5.56 Å². The number of aromatic nitrogens is 2. The van der Waals surface area contributed by atoms with E-state index < -0.39 is 5.82 Å². The van der Waals surface area contributed by atoms with Crippen molar-refractivity contribution in [2.24, 2.45) is 0 Å². The average molecular weight is 395 g/mol. The molecule has 1 heterocycles. The van der Waals surface area contributed by atoms with E-state index in [9.17, 15) is 19.1 Å². The maximum atomic E-state index is 13.3. The van der Waals surface area contributed by atoms with Gasteiger partial charge in [0.1, 0.15) is 18.2 Å². The lowest BCUT2D eigenvalue weighted by Gasteiger charge is -2.16. The number of aryl methyl sites for hydroxylation is 1. The molecule has 0 spiro atoms. The number of rotatable bonds is 7. The monoisotopic (exact) mass is 395 g/mol. The Morgan fingerprint density at radius 1 is 1.14 bits per heavy atom. The van der Waals surface area contributed by atoms with Crippen LogP contribution in [0.1, 0.15) is 16.8 Å². The van der Waals surface area contributed by atoms with Crippen molar-refractivity contribution in [3.63, 3.8) is 0 Å². The fourth-order valence-electron chi connectivity index (χ4n) is 3.06. The molecule has 3 rings (SSSR count). The molecule has 6 nitrogen and oxygen atoms in total. The summed E-state index contributed by atoms with van der Waals surface area (Å²) in [6.45, 7) is 1.58. The molecule has 0 aliphatic heterocycles. The van der Waals surface area contributed by atoms with Crippen LogP contribution >= 0.6 is 0 Å². The lowest BCUT2D eigenvalue weighted by atomic mass is 10.1. The highest BCUT2D eigenvalue weighted by molar-refractivity contribution is 5.76. The van der Waals surface area contributed by atoms with E-state index in [1.165, 1.54) is 28.8 Å². The summed E-state index contributed by atoms with van der Waals surface area (Å²) in [5.74, 6) is -0.471. The molecule has 0 saturated carbocycles.